The maximum atomic E-state index is 12.7. The molecule has 0 saturated carbocycles. The van der Waals surface area contributed by atoms with Crippen molar-refractivity contribution in [2.24, 2.45) is 0 Å². The highest BCUT2D eigenvalue weighted by Gasteiger charge is 2.25. The molecule has 82 valence electrons. The van der Waals surface area contributed by atoms with E-state index in [9.17, 15) is 18.7 Å². The molecule has 6 heteroatoms. The second-order valence-corrected chi connectivity index (χ2v) is 2.93. The van der Waals surface area contributed by atoms with Crippen LogP contribution in [0.4, 0.5) is 8.78 Å². The maximum Gasteiger partial charge on any atom is 0.335 e. The normalized spacial score (nSPS) is 14.7. The number of carboxylic acids is 1. The van der Waals surface area contributed by atoms with E-state index in [0.717, 1.165) is 12.1 Å². The topological polar surface area (TPSA) is 77.8 Å². The van der Waals surface area contributed by atoms with Crippen LogP contribution < -0.4 is 0 Å². The fourth-order valence-corrected chi connectivity index (χ4v) is 1.06. The molecule has 0 aromatic heterocycles. The number of benzene rings is 1. The Morgan fingerprint density at radius 3 is 2.00 bits per heavy atom. The summed E-state index contributed by atoms with van der Waals surface area (Å²) < 4.78 is 25.3. The molecule has 4 nitrogen and oxygen atoms in total. The lowest BCUT2D eigenvalue weighted by molar-refractivity contribution is -0.153. The molecule has 1 aromatic carbocycles. The van der Waals surface area contributed by atoms with E-state index < -0.39 is 29.8 Å². The molecule has 1 rings (SSSR count). The van der Waals surface area contributed by atoms with Crippen LogP contribution in [0.15, 0.2) is 18.2 Å². The number of carboxylic acid groups (broad SMARTS) is 1. The molecule has 1 aromatic rings. The first-order valence-electron chi connectivity index (χ1n) is 3.96. The van der Waals surface area contributed by atoms with Crippen molar-refractivity contribution in [3.8, 4) is 0 Å². The van der Waals surface area contributed by atoms with Crippen LogP contribution >= 0.6 is 0 Å². The molecule has 0 spiro atoms. The van der Waals surface area contributed by atoms with E-state index in [0.29, 0.717) is 6.07 Å². The van der Waals surface area contributed by atoms with Crippen LogP contribution in [-0.4, -0.2) is 27.4 Å². The molecule has 2 atom stereocenters. The van der Waals surface area contributed by atoms with Gasteiger partial charge in [0.15, 0.2) is 6.10 Å². The van der Waals surface area contributed by atoms with Crippen LogP contribution in [0.2, 0.25) is 0 Å². The molecule has 15 heavy (non-hydrogen) atoms. The first-order valence-corrected chi connectivity index (χ1v) is 3.96. The standard InChI is InChI=1S/C9H8F2O4/c10-5-1-4(2-6(11)3-5)7(12)8(13)9(14)15/h1-3,7-8,12-13H,(H,14,15). The minimum atomic E-state index is -2.12. The third kappa shape index (κ3) is 2.71. The fraction of sp³-hybridized carbons (Fsp3) is 0.222. The predicted octanol–water partition coefficient (Wildman–Crippen LogP) is 0.444. The Kier molecular flexibility index (Phi) is 3.33. The van der Waals surface area contributed by atoms with Crippen molar-refractivity contribution in [3.05, 3.63) is 35.4 Å². The third-order valence-electron chi connectivity index (χ3n) is 1.78. The van der Waals surface area contributed by atoms with Gasteiger partial charge in [-0.25, -0.2) is 13.6 Å². The largest absolute Gasteiger partial charge is 0.479 e. The smallest absolute Gasteiger partial charge is 0.335 e. The Bertz CT molecular complexity index is 360. The van der Waals surface area contributed by atoms with Crippen molar-refractivity contribution in [2.45, 2.75) is 12.2 Å². The molecule has 0 saturated heterocycles. The molecule has 0 aliphatic heterocycles. The molecule has 0 heterocycles. The molecule has 0 bridgehead atoms. The predicted molar refractivity (Wildman–Crippen MR) is 45.0 cm³/mol. The number of rotatable bonds is 3. The Balaban J connectivity index is 3.00. The summed E-state index contributed by atoms with van der Waals surface area (Å²) in [7, 11) is 0. The summed E-state index contributed by atoms with van der Waals surface area (Å²) >= 11 is 0. The molecule has 0 fully saturated rings. The fourth-order valence-electron chi connectivity index (χ4n) is 1.06. The number of aliphatic carboxylic acids is 1. The van der Waals surface area contributed by atoms with Crippen LogP contribution in [0.3, 0.4) is 0 Å². The highest BCUT2D eigenvalue weighted by Crippen LogP contribution is 2.19. The molecule has 0 amide bonds. The molecule has 2 unspecified atom stereocenters. The summed E-state index contributed by atoms with van der Waals surface area (Å²) in [4.78, 5) is 10.3. The monoisotopic (exact) mass is 218 g/mol. The van der Waals surface area contributed by atoms with E-state index >= 15 is 0 Å². The molecule has 0 aliphatic carbocycles. The average Bonchev–Trinajstić information content (AvgIpc) is 2.13. The van der Waals surface area contributed by atoms with Gasteiger partial charge in [0.25, 0.3) is 0 Å². The Labute approximate surface area is 83.4 Å². The first kappa shape index (κ1) is 11.5. The number of hydrogen-bond donors (Lipinski definition) is 3. The maximum absolute atomic E-state index is 12.7. The van der Waals surface area contributed by atoms with Crippen LogP contribution in [0.5, 0.6) is 0 Å². The number of halogens is 2. The zero-order chi connectivity index (χ0) is 11.6. The van der Waals surface area contributed by atoms with Crippen molar-refractivity contribution in [1.29, 1.82) is 0 Å². The second-order valence-electron chi connectivity index (χ2n) is 2.93. The van der Waals surface area contributed by atoms with Crippen molar-refractivity contribution >= 4 is 5.97 Å². The van der Waals surface area contributed by atoms with Crippen molar-refractivity contribution < 1.29 is 28.9 Å². The quantitative estimate of drug-likeness (QED) is 0.688. The summed E-state index contributed by atoms with van der Waals surface area (Å²) in [6.07, 6.45) is -3.99. The minimum Gasteiger partial charge on any atom is -0.479 e. The lowest BCUT2D eigenvalue weighted by atomic mass is 10.0. The highest BCUT2D eigenvalue weighted by molar-refractivity contribution is 5.73. The molecule has 3 N–H and O–H groups in total. The van der Waals surface area contributed by atoms with Crippen LogP contribution in [0.1, 0.15) is 11.7 Å². The molecule has 0 radical (unpaired) electrons. The molecular formula is C9H8F2O4. The van der Waals surface area contributed by atoms with E-state index in [4.69, 9.17) is 10.2 Å². The number of carbonyl (C=O) groups is 1. The van der Waals surface area contributed by atoms with Gasteiger partial charge in [-0.05, 0) is 17.7 Å². The van der Waals surface area contributed by atoms with E-state index in [1.54, 1.807) is 0 Å². The average molecular weight is 218 g/mol. The summed E-state index contributed by atoms with van der Waals surface area (Å²) in [5.41, 5.74) is -0.331. The van der Waals surface area contributed by atoms with Crippen LogP contribution in [0.25, 0.3) is 0 Å². The van der Waals surface area contributed by atoms with Crippen LogP contribution in [0, 0.1) is 11.6 Å². The van der Waals surface area contributed by atoms with Gasteiger partial charge in [0.05, 0.1) is 0 Å². The Morgan fingerprint density at radius 1 is 1.13 bits per heavy atom. The summed E-state index contributed by atoms with van der Waals surface area (Å²) in [6, 6.07) is 2.07. The Hall–Kier alpha value is -1.53. The van der Waals surface area contributed by atoms with E-state index in [2.05, 4.69) is 0 Å². The summed E-state index contributed by atoms with van der Waals surface area (Å²) in [6.45, 7) is 0. The van der Waals surface area contributed by atoms with Crippen molar-refractivity contribution in [2.75, 3.05) is 0 Å². The second kappa shape index (κ2) is 4.33. The van der Waals surface area contributed by atoms with Gasteiger partial charge in [0.1, 0.15) is 17.7 Å². The van der Waals surface area contributed by atoms with Gasteiger partial charge < -0.3 is 15.3 Å². The van der Waals surface area contributed by atoms with Gasteiger partial charge in [-0.1, -0.05) is 0 Å². The van der Waals surface area contributed by atoms with Gasteiger partial charge in [-0.2, -0.15) is 0 Å². The number of aliphatic hydroxyl groups excluding tert-OH is 2. The summed E-state index contributed by atoms with van der Waals surface area (Å²) in [5.74, 6) is -3.59. The number of aliphatic hydroxyl groups is 2. The van der Waals surface area contributed by atoms with Gasteiger partial charge in [-0.3, -0.25) is 0 Å². The number of hydrogen-bond acceptors (Lipinski definition) is 3. The van der Waals surface area contributed by atoms with Gasteiger partial charge >= 0.3 is 5.97 Å². The highest BCUT2D eigenvalue weighted by atomic mass is 19.1. The zero-order valence-corrected chi connectivity index (χ0v) is 7.39. The SMILES string of the molecule is O=C(O)C(O)C(O)c1cc(F)cc(F)c1. The minimum absolute atomic E-state index is 0.331. The Morgan fingerprint density at radius 2 is 1.60 bits per heavy atom. The third-order valence-corrected chi connectivity index (χ3v) is 1.78. The van der Waals surface area contributed by atoms with Gasteiger partial charge in [-0.15, -0.1) is 0 Å². The van der Waals surface area contributed by atoms with Crippen molar-refractivity contribution in [3.63, 3.8) is 0 Å². The van der Waals surface area contributed by atoms with E-state index in [-0.39, 0.29) is 5.56 Å². The van der Waals surface area contributed by atoms with Gasteiger partial charge in [0, 0.05) is 6.07 Å². The lowest BCUT2D eigenvalue weighted by Crippen LogP contribution is -2.27. The first-order chi connectivity index (χ1) is 6.91. The van der Waals surface area contributed by atoms with E-state index in [1.807, 2.05) is 0 Å². The van der Waals surface area contributed by atoms with E-state index in [1.165, 1.54) is 0 Å². The van der Waals surface area contributed by atoms with Gasteiger partial charge in [0.2, 0.25) is 0 Å². The summed E-state index contributed by atoms with van der Waals surface area (Å²) in [5, 5.41) is 26.5. The lowest BCUT2D eigenvalue weighted by Gasteiger charge is -2.14. The van der Waals surface area contributed by atoms with Crippen LogP contribution in [-0.2, 0) is 4.79 Å². The van der Waals surface area contributed by atoms with Crippen molar-refractivity contribution in [1.82, 2.24) is 0 Å². The molecule has 0 aliphatic rings. The zero-order valence-electron chi connectivity index (χ0n) is 7.39. The molecular weight excluding hydrogens is 210 g/mol.